The van der Waals surface area contributed by atoms with Crippen molar-refractivity contribution in [2.45, 2.75) is 33.2 Å². The van der Waals surface area contributed by atoms with Crippen molar-refractivity contribution in [2.24, 2.45) is 5.92 Å². The minimum atomic E-state index is 0.400. The summed E-state index contributed by atoms with van der Waals surface area (Å²) in [6.45, 7) is 6.68. The molecule has 104 valence electrons. The van der Waals surface area contributed by atoms with Crippen LogP contribution in [0.4, 0.5) is 0 Å². The van der Waals surface area contributed by atoms with Crippen molar-refractivity contribution in [3.8, 4) is 5.75 Å². The molecule has 0 radical (unpaired) electrons. The molecule has 0 saturated carbocycles. The van der Waals surface area contributed by atoms with Crippen molar-refractivity contribution in [3.63, 3.8) is 0 Å². The number of aryl methyl sites for hydroxylation is 1. The first-order valence-electron chi connectivity index (χ1n) is 6.69. The molecule has 0 fully saturated rings. The predicted octanol–water partition coefficient (Wildman–Crippen LogP) is 4.04. The lowest BCUT2D eigenvalue weighted by molar-refractivity contribution is 0.406. The summed E-state index contributed by atoms with van der Waals surface area (Å²) in [6, 6.07) is 6.45. The molecule has 0 aliphatic rings. The molecule has 1 aromatic heterocycles. The van der Waals surface area contributed by atoms with E-state index in [1.807, 2.05) is 12.1 Å². The first kappa shape index (κ1) is 14.2. The van der Waals surface area contributed by atoms with E-state index in [2.05, 4.69) is 31.4 Å². The number of aromatic nitrogens is 2. The second-order valence-electron chi connectivity index (χ2n) is 5.18. The number of methoxy groups -OCH3 is 1. The number of imidazole rings is 1. The van der Waals surface area contributed by atoms with Crippen molar-refractivity contribution >= 4 is 22.6 Å². The molecular formula is C15H21ClN2O. The van der Waals surface area contributed by atoms with Crippen LogP contribution in [0.1, 0.15) is 32.6 Å². The third-order valence-electron chi connectivity index (χ3n) is 3.66. The van der Waals surface area contributed by atoms with E-state index in [1.165, 1.54) is 0 Å². The van der Waals surface area contributed by atoms with Gasteiger partial charge in [0.2, 0.25) is 0 Å². The molecule has 1 atom stereocenters. The highest BCUT2D eigenvalue weighted by atomic mass is 35.5. The smallest absolute Gasteiger partial charge is 0.121 e. The lowest BCUT2D eigenvalue weighted by Gasteiger charge is -2.21. The van der Waals surface area contributed by atoms with Crippen LogP contribution >= 0.6 is 11.6 Å². The molecule has 0 N–H and O–H groups in total. The Balaban J connectivity index is 2.60. The number of hydrogen-bond acceptors (Lipinski definition) is 2. The molecule has 2 rings (SSSR count). The number of rotatable bonds is 5. The minimum absolute atomic E-state index is 0.400. The summed E-state index contributed by atoms with van der Waals surface area (Å²) in [4.78, 5) is 4.71. The van der Waals surface area contributed by atoms with Crippen molar-refractivity contribution in [2.75, 3.05) is 13.0 Å². The fraction of sp³-hybridized carbons (Fsp3) is 0.533. The summed E-state index contributed by atoms with van der Waals surface area (Å²) >= 11 is 5.90. The molecule has 2 aromatic rings. The zero-order valence-corrected chi connectivity index (χ0v) is 12.7. The van der Waals surface area contributed by atoms with Crippen LogP contribution in [0.15, 0.2) is 18.2 Å². The Morgan fingerprint density at radius 1 is 1.32 bits per heavy atom. The van der Waals surface area contributed by atoms with Gasteiger partial charge in [0.05, 0.1) is 18.1 Å². The van der Waals surface area contributed by atoms with Crippen LogP contribution in [-0.2, 0) is 6.42 Å². The molecule has 19 heavy (non-hydrogen) atoms. The molecule has 3 nitrogen and oxygen atoms in total. The Morgan fingerprint density at radius 2 is 2.05 bits per heavy atom. The first-order valence-corrected chi connectivity index (χ1v) is 7.22. The predicted molar refractivity (Wildman–Crippen MR) is 80.3 cm³/mol. The van der Waals surface area contributed by atoms with Gasteiger partial charge in [-0.25, -0.2) is 4.98 Å². The second-order valence-corrected chi connectivity index (χ2v) is 5.55. The van der Waals surface area contributed by atoms with Crippen molar-refractivity contribution in [1.82, 2.24) is 9.55 Å². The normalized spacial score (nSPS) is 13.2. The van der Waals surface area contributed by atoms with Gasteiger partial charge in [0.1, 0.15) is 11.6 Å². The molecule has 1 aromatic carbocycles. The van der Waals surface area contributed by atoms with Gasteiger partial charge in [-0.2, -0.15) is 0 Å². The Hall–Kier alpha value is -1.22. The zero-order valence-electron chi connectivity index (χ0n) is 12.0. The van der Waals surface area contributed by atoms with Crippen LogP contribution in [0.25, 0.3) is 11.0 Å². The van der Waals surface area contributed by atoms with Crippen LogP contribution < -0.4 is 4.74 Å². The summed E-state index contributed by atoms with van der Waals surface area (Å²) < 4.78 is 7.57. The van der Waals surface area contributed by atoms with Crippen molar-refractivity contribution in [1.29, 1.82) is 0 Å². The van der Waals surface area contributed by atoms with Crippen LogP contribution in [-0.4, -0.2) is 22.5 Å². The molecule has 0 aliphatic heterocycles. The summed E-state index contributed by atoms with van der Waals surface area (Å²) in [6.07, 6.45) is 0.787. The summed E-state index contributed by atoms with van der Waals surface area (Å²) in [5.41, 5.74) is 2.13. The van der Waals surface area contributed by atoms with E-state index in [1.54, 1.807) is 7.11 Å². The van der Waals surface area contributed by atoms with Crippen molar-refractivity contribution in [3.05, 3.63) is 24.0 Å². The fourth-order valence-electron chi connectivity index (χ4n) is 2.27. The van der Waals surface area contributed by atoms with Gasteiger partial charge in [0, 0.05) is 24.4 Å². The average molecular weight is 281 g/mol. The fourth-order valence-corrected chi connectivity index (χ4v) is 2.44. The monoisotopic (exact) mass is 280 g/mol. The molecule has 0 amide bonds. The maximum atomic E-state index is 5.90. The van der Waals surface area contributed by atoms with Gasteiger partial charge in [-0.1, -0.05) is 13.8 Å². The van der Waals surface area contributed by atoms with Crippen LogP contribution in [0.2, 0.25) is 0 Å². The zero-order chi connectivity index (χ0) is 14.0. The highest BCUT2D eigenvalue weighted by Crippen LogP contribution is 2.28. The molecule has 0 aliphatic carbocycles. The maximum Gasteiger partial charge on any atom is 0.121 e. The van der Waals surface area contributed by atoms with E-state index >= 15 is 0 Å². The SMILES string of the molecule is COc1ccc2c(c1)nc(CCCl)n2C(C)C(C)C. The minimum Gasteiger partial charge on any atom is -0.497 e. The molecule has 4 heteroatoms. The quantitative estimate of drug-likeness (QED) is 0.773. The van der Waals surface area contributed by atoms with E-state index in [4.69, 9.17) is 21.3 Å². The average Bonchev–Trinajstić information content (AvgIpc) is 2.74. The van der Waals surface area contributed by atoms with Gasteiger partial charge in [0.15, 0.2) is 0 Å². The number of fused-ring (bicyclic) bond motifs is 1. The van der Waals surface area contributed by atoms with E-state index in [0.717, 1.165) is 29.0 Å². The largest absolute Gasteiger partial charge is 0.497 e. The van der Waals surface area contributed by atoms with E-state index in [-0.39, 0.29) is 0 Å². The topological polar surface area (TPSA) is 27.1 Å². The third kappa shape index (κ3) is 2.71. The molecule has 0 spiro atoms. The molecule has 1 unspecified atom stereocenters. The molecular weight excluding hydrogens is 260 g/mol. The van der Waals surface area contributed by atoms with Gasteiger partial charge < -0.3 is 9.30 Å². The number of nitrogens with zero attached hydrogens (tertiary/aromatic N) is 2. The molecule has 0 bridgehead atoms. The standard InChI is InChI=1S/C15H21ClN2O/c1-10(2)11(3)18-14-6-5-12(19-4)9-13(14)17-15(18)7-8-16/h5-6,9-11H,7-8H2,1-4H3. The van der Waals surface area contributed by atoms with Crippen molar-refractivity contribution < 1.29 is 4.74 Å². The van der Waals surface area contributed by atoms with Gasteiger partial charge in [-0.05, 0) is 25.0 Å². The molecule has 0 saturated heterocycles. The first-order chi connectivity index (χ1) is 9.08. The number of halogens is 1. The van der Waals surface area contributed by atoms with E-state index in [0.29, 0.717) is 17.8 Å². The summed E-state index contributed by atoms with van der Waals surface area (Å²) in [7, 11) is 1.68. The Morgan fingerprint density at radius 3 is 2.63 bits per heavy atom. The lowest BCUT2D eigenvalue weighted by atomic mass is 10.1. The molecule has 1 heterocycles. The Labute approximate surface area is 119 Å². The number of ether oxygens (including phenoxy) is 1. The lowest BCUT2D eigenvalue weighted by Crippen LogP contribution is -2.14. The highest BCUT2D eigenvalue weighted by Gasteiger charge is 2.18. The second kappa shape index (κ2) is 5.83. The van der Waals surface area contributed by atoms with Crippen LogP contribution in [0.3, 0.4) is 0 Å². The number of hydrogen-bond donors (Lipinski definition) is 0. The summed E-state index contributed by atoms with van der Waals surface area (Å²) in [5.74, 6) is 3.03. The van der Waals surface area contributed by atoms with E-state index in [9.17, 15) is 0 Å². The van der Waals surface area contributed by atoms with Gasteiger partial charge >= 0.3 is 0 Å². The van der Waals surface area contributed by atoms with Crippen LogP contribution in [0.5, 0.6) is 5.75 Å². The Bertz CT molecular complexity index is 563. The number of alkyl halides is 1. The van der Waals surface area contributed by atoms with Gasteiger partial charge in [0.25, 0.3) is 0 Å². The highest BCUT2D eigenvalue weighted by molar-refractivity contribution is 6.17. The van der Waals surface area contributed by atoms with E-state index < -0.39 is 0 Å². The van der Waals surface area contributed by atoms with Gasteiger partial charge in [-0.3, -0.25) is 0 Å². The number of benzene rings is 1. The van der Waals surface area contributed by atoms with Gasteiger partial charge in [-0.15, -0.1) is 11.6 Å². The van der Waals surface area contributed by atoms with Crippen LogP contribution in [0, 0.1) is 5.92 Å². The summed E-state index contributed by atoms with van der Waals surface area (Å²) in [5, 5.41) is 0. The third-order valence-corrected chi connectivity index (χ3v) is 3.85. The Kier molecular flexibility index (Phi) is 4.35. The maximum absolute atomic E-state index is 5.90.